The molecular formula is C23H25N3O6S. The fraction of sp³-hybridized carbons (Fsp3) is 0.348. The third-order valence-electron chi connectivity index (χ3n) is 6.11. The molecule has 0 aromatic heterocycles. The first-order valence-corrected chi connectivity index (χ1v) is 12.3. The maximum atomic E-state index is 13.4. The molecule has 174 valence electrons. The molecule has 2 heterocycles. The van der Waals surface area contributed by atoms with Gasteiger partial charge < -0.3 is 15.0 Å². The van der Waals surface area contributed by atoms with Crippen molar-refractivity contribution >= 4 is 33.4 Å². The Hall–Kier alpha value is -3.40. The predicted octanol–water partition coefficient (Wildman–Crippen LogP) is 1.68. The van der Waals surface area contributed by atoms with Crippen LogP contribution in [0.3, 0.4) is 0 Å². The fourth-order valence-electron chi connectivity index (χ4n) is 4.30. The minimum atomic E-state index is -3.26. The number of sulfone groups is 1. The molecule has 2 aromatic carbocycles. The molecule has 0 spiro atoms. The lowest BCUT2D eigenvalue weighted by Gasteiger charge is -2.30. The van der Waals surface area contributed by atoms with E-state index in [9.17, 15) is 22.8 Å². The van der Waals surface area contributed by atoms with Crippen molar-refractivity contribution in [1.82, 2.24) is 10.2 Å². The molecule has 2 aliphatic rings. The second-order valence-electron chi connectivity index (χ2n) is 8.33. The van der Waals surface area contributed by atoms with Crippen LogP contribution in [0.1, 0.15) is 18.9 Å². The molecule has 2 aromatic rings. The molecule has 4 rings (SSSR count). The van der Waals surface area contributed by atoms with Crippen LogP contribution in [0.4, 0.5) is 10.5 Å². The van der Waals surface area contributed by atoms with Crippen LogP contribution >= 0.6 is 0 Å². The van der Waals surface area contributed by atoms with Crippen LogP contribution in [0.5, 0.6) is 5.75 Å². The van der Waals surface area contributed by atoms with E-state index in [0.29, 0.717) is 23.4 Å². The van der Waals surface area contributed by atoms with Gasteiger partial charge in [-0.25, -0.2) is 13.2 Å². The molecule has 0 saturated carbocycles. The van der Waals surface area contributed by atoms with Crippen molar-refractivity contribution in [1.29, 1.82) is 0 Å². The number of nitrogens with zero attached hydrogens (tertiary/aromatic N) is 2. The summed E-state index contributed by atoms with van der Waals surface area (Å²) in [6.45, 7) is 1.08. The van der Waals surface area contributed by atoms with Gasteiger partial charge in [0.05, 0.1) is 24.7 Å². The Bertz CT molecular complexity index is 1180. The van der Waals surface area contributed by atoms with E-state index in [1.54, 1.807) is 61.5 Å². The number of nitrogens with one attached hydrogen (secondary N) is 1. The zero-order valence-corrected chi connectivity index (χ0v) is 19.2. The molecule has 0 bridgehead atoms. The molecule has 2 atom stereocenters. The van der Waals surface area contributed by atoms with Crippen molar-refractivity contribution in [3.63, 3.8) is 0 Å². The lowest BCUT2D eigenvalue weighted by molar-refractivity contribution is -0.134. The van der Waals surface area contributed by atoms with Gasteiger partial charge >= 0.3 is 6.03 Å². The first-order chi connectivity index (χ1) is 15.6. The number of imide groups is 1. The van der Waals surface area contributed by atoms with E-state index in [1.165, 1.54) is 12.0 Å². The molecule has 10 heteroatoms. The number of amides is 4. The van der Waals surface area contributed by atoms with Crippen molar-refractivity contribution in [3.05, 3.63) is 60.2 Å². The van der Waals surface area contributed by atoms with Crippen molar-refractivity contribution < 1.29 is 27.5 Å². The summed E-state index contributed by atoms with van der Waals surface area (Å²) in [6.07, 6.45) is 0.298. The summed E-state index contributed by atoms with van der Waals surface area (Å²) in [6, 6.07) is 14.2. The smallest absolute Gasteiger partial charge is 0.325 e. The average Bonchev–Trinajstić information content (AvgIpc) is 3.26. The van der Waals surface area contributed by atoms with Crippen LogP contribution in [0, 0.1) is 0 Å². The highest BCUT2D eigenvalue weighted by Crippen LogP contribution is 2.31. The summed E-state index contributed by atoms with van der Waals surface area (Å²) in [4.78, 5) is 41.6. The first-order valence-electron chi connectivity index (χ1n) is 10.5. The van der Waals surface area contributed by atoms with Crippen LogP contribution < -0.4 is 15.0 Å². The number of carbonyl (C=O) groups is 3. The Morgan fingerprint density at radius 1 is 1.15 bits per heavy atom. The molecule has 0 aliphatic carbocycles. The van der Waals surface area contributed by atoms with Gasteiger partial charge in [0.1, 0.15) is 17.8 Å². The van der Waals surface area contributed by atoms with E-state index in [2.05, 4.69) is 5.32 Å². The lowest BCUT2D eigenvalue weighted by atomic mass is 9.92. The number of methoxy groups -OCH3 is 1. The minimum absolute atomic E-state index is 0.00699. The number of urea groups is 1. The van der Waals surface area contributed by atoms with Crippen LogP contribution in [-0.4, -0.2) is 62.4 Å². The van der Waals surface area contributed by atoms with Crippen molar-refractivity contribution in [3.8, 4) is 5.75 Å². The summed E-state index contributed by atoms with van der Waals surface area (Å²) in [5.41, 5.74) is -0.259. The molecule has 2 unspecified atom stereocenters. The van der Waals surface area contributed by atoms with E-state index < -0.39 is 45.8 Å². The molecular weight excluding hydrogens is 446 g/mol. The van der Waals surface area contributed by atoms with Crippen molar-refractivity contribution in [2.75, 3.05) is 30.1 Å². The summed E-state index contributed by atoms with van der Waals surface area (Å²) < 4.78 is 29.3. The predicted molar refractivity (Wildman–Crippen MR) is 122 cm³/mol. The quantitative estimate of drug-likeness (QED) is 0.642. The van der Waals surface area contributed by atoms with E-state index >= 15 is 0 Å². The Labute approximate surface area is 192 Å². The largest absolute Gasteiger partial charge is 0.497 e. The Balaban J connectivity index is 1.59. The SMILES string of the molecule is COc1ccc(C2(C)NC(=O)N(CC(=O)N(c3ccccc3)C3CCS(=O)(=O)C3)C2=O)cc1. The first kappa shape index (κ1) is 22.8. The zero-order valence-electron chi connectivity index (χ0n) is 18.4. The van der Waals surface area contributed by atoms with E-state index in [0.717, 1.165) is 4.90 Å². The third-order valence-corrected chi connectivity index (χ3v) is 7.86. The zero-order chi connectivity index (χ0) is 23.8. The van der Waals surface area contributed by atoms with Crippen LogP contribution in [0.25, 0.3) is 0 Å². The Morgan fingerprint density at radius 3 is 2.39 bits per heavy atom. The van der Waals surface area contributed by atoms with Gasteiger partial charge in [-0.05, 0) is 43.2 Å². The summed E-state index contributed by atoms with van der Waals surface area (Å²) in [7, 11) is -1.73. The van der Waals surface area contributed by atoms with Gasteiger partial charge in [0.25, 0.3) is 5.91 Å². The standard InChI is InChI=1S/C23H25N3O6S/c1-23(16-8-10-19(32-2)11-9-16)21(28)25(22(29)24-23)14-20(27)26(17-6-4-3-5-7-17)18-12-13-33(30,31)15-18/h3-11,18H,12-15H2,1-2H3,(H,24,29). The number of rotatable bonds is 6. The van der Waals surface area contributed by atoms with Crippen LogP contribution in [-0.2, 0) is 25.0 Å². The average molecular weight is 472 g/mol. The van der Waals surface area contributed by atoms with Crippen molar-refractivity contribution in [2.45, 2.75) is 24.9 Å². The summed E-state index contributed by atoms with van der Waals surface area (Å²) in [5, 5.41) is 2.68. The number of benzene rings is 2. The summed E-state index contributed by atoms with van der Waals surface area (Å²) >= 11 is 0. The number of para-hydroxylation sites is 1. The normalized spacial score (nSPS) is 23.9. The monoisotopic (exact) mass is 471 g/mol. The van der Waals surface area contributed by atoms with Gasteiger partial charge in [-0.15, -0.1) is 0 Å². The highest BCUT2D eigenvalue weighted by Gasteiger charge is 2.50. The number of hydrogen-bond acceptors (Lipinski definition) is 6. The topological polar surface area (TPSA) is 113 Å². The van der Waals surface area contributed by atoms with Crippen molar-refractivity contribution in [2.24, 2.45) is 0 Å². The van der Waals surface area contributed by atoms with E-state index in [-0.39, 0.29) is 11.5 Å². The molecule has 9 nitrogen and oxygen atoms in total. The van der Waals surface area contributed by atoms with Crippen LogP contribution in [0.2, 0.25) is 0 Å². The molecule has 2 saturated heterocycles. The second-order valence-corrected chi connectivity index (χ2v) is 10.6. The third kappa shape index (κ3) is 4.30. The number of carbonyl (C=O) groups excluding carboxylic acids is 3. The van der Waals surface area contributed by atoms with Gasteiger partial charge in [0, 0.05) is 5.69 Å². The highest BCUT2D eigenvalue weighted by molar-refractivity contribution is 7.91. The minimum Gasteiger partial charge on any atom is -0.497 e. The van der Waals surface area contributed by atoms with Gasteiger partial charge in [0.15, 0.2) is 9.84 Å². The van der Waals surface area contributed by atoms with Gasteiger partial charge in [0.2, 0.25) is 5.91 Å². The molecule has 1 N–H and O–H groups in total. The molecule has 33 heavy (non-hydrogen) atoms. The van der Waals surface area contributed by atoms with E-state index in [1.807, 2.05) is 0 Å². The number of hydrogen-bond donors (Lipinski definition) is 1. The molecule has 2 aliphatic heterocycles. The highest BCUT2D eigenvalue weighted by atomic mass is 32.2. The molecule has 2 fully saturated rings. The fourth-order valence-corrected chi connectivity index (χ4v) is 6.00. The second kappa shape index (κ2) is 8.51. The molecule has 4 amide bonds. The summed E-state index contributed by atoms with van der Waals surface area (Å²) in [5.74, 6) is -0.635. The number of anilines is 1. The Morgan fingerprint density at radius 2 is 1.82 bits per heavy atom. The van der Waals surface area contributed by atoms with Gasteiger partial charge in [-0.1, -0.05) is 30.3 Å². The van der Waals surface area contributed by atoms with Gasteiger partial charge in [-0.3, -0.25) is 14.5 Å². The van der Waals surface area contributed by atoms with Gasteiger partial charge in [-0.2, -0.15) is 0 Å². The van der Waals surface area contributed by atoms with E-state index in [4.69, 9.17) is 4.74 Å². The maximum absolute atomic E-state index is 13.4. The molecule has 0 radical (unpaired) electrons. The Kier molecular flexibility index (Phi) is 5.87. The van der Waals surface area contributed by atoms with Crippen LogP contribution in [0.15, 0.2) is 54.6 Å². The number of ether oxygens (including phenoxy) is 1. The lowest BCUT2D eigenvalue weighted by Crippen LogP contribution is -2.48. The maximum Gasteiger partial charge on any atom is 0.325 e.